The number of para-hydroxylation sites is 1. The summed E-state index contributed by atoms with van der Waals surface area (Å²) in [6.07, 6.45) is 1.45. The fourth-order valence-electron chi connectivity index (χ4n) is 2.94. The fraction of sp³-hybridized carbons (Fsp3) is 0.0417. The highest BCUT2D eigenvalue weighted by atomic mass is 35.5. The van der Waals surface area contributed by atoms with E-state index in [1.165, 1.54) is 6.21 Å². The minimum atomic E-state index is -0.437. The van der Waals surface area contributed by atoms with Crippen LogP contribution in [0.2, 0.25) is 10.0 Å². The molecule has 2 N–H and O–H groups in total. The first-order valence-electron chi connectivity index (χ1n) is 9.70. The van der Waals surface area contributed by atoms with Crippen molar-refractivity contribution in [3.8, 4) is 17.0 Å². The van der Waals surface area contributed by atoms with Crippen LogP contribution in [0.15, 0.2) is 84.0 Å². The van der Waals surface area contributed by atoms with Crippen LogP contribution in [0.25, 0.3) is 11.3 Å². The Morgan fingerprint density at radius 2 is 1.81 bits per heavy atom. The first kappa shape index (κ1) is 21.6. The third kappa shape index (κ3) is 5.35. The molecule has 0 unspecified atom stereocenters. The van der Waals surface area contributed by atoms with Crippen molar-refractivity contribution in [2.75, 3.05) is 0 Å². The standard InChI is InChI=1S/C24H18Cl2N4O2/c25-18-11-10-17(20(26)12-18)14-27-30-24(31)22-13-21(28-29-22)19-8-4-5-9-23(19)32-15-16-6-2-1-3-7-16/h1-14H,15H2,(H,28,29)(H,30,31). The number of benzene rings is 3. The van der Waals surface area contributed by atoms with Crippen LogP contribution < -0.4 is 10.2 Å². The van der Waals surface area contributed by atoms with Gasteiger partial charge in [0.25, 0.3) is 5.91 Å². The number of halogens is 2. The van der Waals surface area contributed by atoms with Crippen LogP contribution >= 0.6 is 23.2 Å². The number of hydrazone groups is 1. The van der Waals surface area contributed by atoms with E-state index in [-0.39, 0.29) is 5.69 Å². The Bertz CT molecular complexity index is 1260. The van der Waals surface area contributed by atoms with Crippen LogP contribution in [0.3, 0.4) is 0 Å². The monoisotopic (exact) mass is 464 g/mol. The van der Waals surface area contributed by atoms with E-state index in [0.29, 0.717) is 33.7 Å². The molecule has 0 aliphatic heterocycles. The Kier molecular flexibility index (Phi) is 6.84. The number of rotatable bonds is 7. The molecule has 4 rings (SSSR count). The molecular weight excluding hydrogens is 447 g/mol. The zero-order valence-electron chi connectivity index (χ0n) is 16.8. The molecule has 160 valence electrons. The highest BCUT2D eigenvalue weighted by Crippen LogP contribution is 2.29. The van der Waals surface area contributed by atoms with Crippen molar-refractivity contribution in [3.05, 3.63) is 106 Å². The van der Waals surface area contributed by atoms with E-state index in [2.05, 4.69) is 20.7 Å². The normalized spacial score (nSPS) is 10.9. The van der Waals surface area contributed by atoms with Crippen LogP contribution in [0, 0.1) is 0 Å². The molecule has 1 amide bonds. The van der Waals surface area contributed by atoms with E-state index in [0.717, 1.165) is 11.1 Å². The van der Waals surface area contributed by atoms with E-state index in [9.17, 15) is 4.79 Å². The third-order valence-corrected chi connectivity index (χ3v) is 5.12. The number of aromatic nitrogens is 2. The summed E-state index contributed by atoms with van der Waals surface area (Å²) in [6.45, 7) is 0.428. The van der Waals surface area contributed by atoms with Gasteiger partial charge in [0.05, 0.1) is 16.9 Å². The zero-order chi connectivity index (χ0) is 22.3. The van der Waals surface area contributed by atoms with Gasteiger partial charge < -0.3 is 4.74 Å². The Hall–Kier alpha value is -3.61. The van der Waals surface area contributed by atoms with Crippen LogP contribution in [-0.4, -0.2) is 22.3 Å². The molecule has 4 aromatic rings. The molecule has 1 aromatic heterocycles. The predicted octanol–water partition coefficient (Wildman–Crippen LogP) is 5.73. The zero-order valence-corrected chi connectivity index (χ0v) is 18.3. The number of ether oxygens (including phenoxy) is 1. The molecule has 0 saturated heterocycles. The predicted molar refractivity (Wildman–Crippen MR) is 126 cm³/mol. The first-order valence-corrected chi connectivity index (χ1v) is 10.5. The average molecular weight is 465 g/mol. The lowest BCUT2D eigenvalue weighted by atomic mass is 10.1. The third-order valence-electron chi connectivity index (χ3n) is 4.55. The van der Waals surface area contributed by atoms with Gasteiger partial charge in [-0.2, -0.15) is 10.2 Å². The fourth-order valence-corrected chi connectivity index (χ4v) is 3.40. The SMILES string of the molecule is O=C(NN=Cc1ccc(Cl)cc1Cl)c1cc(-c2ccccc2OCc2ccccc2)n[nH]1. The number of carbonyl (C=O) groups excluding carboxylic acids is 1. The summed E-state index contributed by atoms with van der Waals surface area (Å²) in [6, 6.07) is 24.1. The van der Waals surface area contributed by atoms with Gasteiger partial charge in [0.2, 0.25) is 0 Å². The number of carbonyl (C=O) groups is 1. The maximum atomic E-state index is 12.4. The quantitative estimate of drug-likeness (QED) is 0.270. The molecular formula is C24H18Cl2N4O2. The highest BCUT2D eigenvalue weighted by molar-refractivity contribution is 6.36. The molecule has 0 aliphatic carbocycles. The maximum Gasteiger partial charge on any atom is 0.289 e. The summed E-state index contributed by atoms with van der Waals surface area (Å²) >= 11 is 12.0. The number of aromatic amines is 1. The number of hydrogen-bond acceptors (Lipinski definition) is 4. The molecule has 0 atom stereocenters. The molecule has 32 heavy (non-hydrogen) atoms. The molecule has 6 nitrogen and oxygen atoms in total. The molecule has 3 aromatic carbocycles. The Labute approximate surface area is 194 Å². The smallest absolute Gasteiger partial charge is 0.289 e. The van der Waals surface area contributed by atoms with Crippen molar-refractivity contribution in [1.29, 1.82) is 0 Å². The van der Waals surface area contributed by atoms with Crippen molar-refractivity contribution >= 4 is 35.3 Å². The van der Waals surface area contributed by atoms with Crippen LogP contribution in [0.4, 0.5) is 0 Å². The van der Waals surface area contributed by atoms with Gasteiger partial charge in [-0.1, -0.05) is 71.7 Å². The number of hydrogen-bond donors (Lipinski definition) is 2. The van der Waals surface area contributed by atoms with Gasteiger partial charge in [0, 0.05) is 16.1 Å². The van der Waals surface area contributed by atoms with Gasteiger partial charge in [0.1, 0.15) is 18.1 Å². The van der Waals surface area contributed by atoms with Crippen molar-refractivity contribution in [2.45, 2.75) is 6.61 Å². The lowest BCUT2D eigenvalue weighted by molar-refractivity contribution is 0.0950. The second kappa shape index (κ2) is 10.1. The number of nitrogens with one attached hydrogen (secondary N) is 2. The summed E-state index contributed by atoms with van der Waals surface area (Å²) in [4.78, 5) is 12.4. The summed E-state index contributed by atoms with van der Waals surface area (Å²) < 4.78 is 5.98. The van der Waals surface area contributed by atoms with Crippen LogP contribution in [0.5, 0.6) is 5.75 Å². The van der Waals surface area contributed by atoms with E-state index in [1.807, 2.05) is 54.6 Å². The van der Waals surface area contributed by atoms with Gasteiger partial charge in [-0.3, -0.25) is 9.89 Å². The average Bonchev–Trinajstić information content (AvgIpc) is 3.30. The van der Waals surface area contributed by atoms with Crippen molar-refractivity contribution in [1.82, 2.24) is 15.6 Å². The summed E-state index contributed by atoms with van der Waals surface area (Å²) in [5, 5.41) is 11.9. The largest absolute Gasteiger partial charge is 0.488 e. The molecule has 0 fully saturated rings. The molecule has 0 saturated carbocycles. The van der Waals surface area contributed by atoms with Crippen LogP contribution in [-0.2, 0) is 6.61 Å². The van der Waals surface area contributed by atoms with Gasteiger partial charge in [-0.05, 0) is 35.9 Å². The minimum absolute atomic E-state index is 0.261. The van der Waals surface area contributed by atoms with Crippen molar-refractivity contribution in [2.24, 2.45) is 5.10 Å². The molecule has 0 aliphatic rings. The van der Waals surface area contributed by atoms with E-state index in [4.69, 9.17) is 27.9 Å². The van der Waals surface area contributed by atoms with Gasteiger partial charge in [-0.25, -0.2) is 5.43 Å². The molecule has 0 bridgehead atoms. The Morgan fingerprint density at radius 1 is 1.03 bits per heavy atom. The maximum absolute atomic E-state index is 12.4. The highest BCUT2D eigenvalue weighted by Gasteiger charge is 2.14. The Morgan fingerprint density at radius 3 is 2.62 bits per heavy atom. The second-order valence-electron chi connectivity index (χ2n) is 6.80. The van der Waals surface area contributed by atoms with Crippen molar-refractivity contribution < 1.29 is 9.53 Å². The van der Waals surface area contributed by atoms with Crippen LogP contribution in [0.1, 0.15) is 21.6 Å². The topological polar surface area (TPSA) is 79.4 Å². The van der Waals surface area contributed by atoms with E-state index < -0.39 is 5.91 Å². The number of amides is 1. The van der Waals surface area contributed by atoms with Gasteiger partial charge in [0.15, 0.2) is 0 Å². The molecule has 8 heteroatoms. The summed E-state index contributed by atoms with van der Waals surface area (Å²) in [5.74, 6) is 0.234. The van der Waals surface area contributed by atoms with Gasteiger partial charge in [-0.15, -0.1) is 0 Å². The van der Waals surface area contributed by atoms with Crippen molar-refractivity contribution in [3.63, 3.8) is 0 Å². The summed E-state index contributed by atoms with van der Waals surface area (Å²) in [7, 11) is 0. The lowest BCUT2D eigenvalue weighted by Crippen LogP contribution is -2.18. The van der Waals surface area contributed by atoms with E-state index >= 15 is 0 Å². The Balaban J connectivity index is 1.44. The second-order valence-corrected chi connectivity index (χ2v) is 7.65. The molecule has 0 radical (unpaired) electrons. The number of nitrogens with zero attached hydrogens (tertiary/aromatic N) is 2. The lowest BCUT2D eigenvalue weighted by Gasteiger charge is -2.10. The molecule has 1 heterocycles. The first-order chi connectivity index (χ1) is 15.6. The summed E-state index contributed by atoms with van der Waals surface area (Å²) in [5.41, 5.74) is 5.76. The van der Waals surface area contributed by atoms with E-state index in [1.54, 1.807) is 24.3 Å². The van der Waals surface area contributed by atoms with Gasteiger partial charge >= 0.3 is 0 Å². The molecule has 0 spiro atoms. The number of H-pyrrole nitrogens is 1. The minimum Gasteiger partial charge on any atom is -0.488 e.